The van der Waals surface area contributed by atoms with Crippen LogP contribution in [-0.4, -0.2) is 54.9 Å². The molecule has 1 aromatic heterocycles. The number of benzene rings is 2. The van der Waals surface area contributed by atoms with E-state index in [1.54, 1.807) is 51.6 Å². The van der Waals surface area contributed by atoms with Gasteiger partial charge in [0, 0.05) is 13.1 Å². The summed E-state index contributed by atoms with van der Waals surface area (Å²) in [6.45, 7) is 0.268. The molecule has 0 N–H and O–H groups in total. The average Bonchev–Trinajstić information content (AvgIpc) is 3.25. The summed E-state index contributed by atoms with van der Waals surface area (Å²) in [7, 11) is 4.77. The van der Waals surface area contributed by atoms with Gasteiger partial charge in [-0.2, -0.15) is 4.98 Å². The molecule has 1 atom stereocenters. The first kappa shape index (κ1) is 19.6. The van der Waals surface area contributed by atoms with Crippen molar-refractivity contribution in [3.63, 3.8) is 0 Å². The van der Waals surface area contributed by atoms with Gasteiger partial charge < -0.3 is 28.4 Å². The standard InChI is InChI=1S/C21H21N3O6/c1-24(21(25)18-12-28-15-6-4-5-7-16(15)29-18)11-19-22-20(23-30-19)14-9-8-13(26-2)10-17(14)27-3/h4-10,18H,11-12H2,1-3H3/t18-/m1/s1. The van der Waals surface area contributed by atoms with Crippen LogP contribution in [0.25, 0.3) is 11.4 Å². The molecule has 0 radical (unpaired) electrons. The highest BCUT2D eigenvalue weighted by atomic mass is 16.6. The van der Waals surface area contributed by atoms with Gasteiger partial charge in [0.15, 0.2) is 11.5 Å². The van der Waals surface area contributed by atoms with E-state index in [4.69, 9.17) is 23.5 Å². The number of para-hydroxylation sites is 2. The van der Waals surface area contributed by atoms with Gasteiger partial charge in [0.05, 0.1) is 26.3 Å². The molecule has 2 aromatic carbocycles. The van der Waals surface area contributed by atoms with Gasteiger partial charge in [-0.25, -0.2) is 0 Å². The fourth-order valence-electron chi connectivity index (χ4n) is 3.08. The number of amides is 1. The molecule has 9 heteroatoms. The summed E-state index contributed by atoms with van der Waals surface area (Å²) < 4.78 is 27.3. The van der Waals surface area contributed by atoms with Crippen molar-refractivity contribution >= 4 is 5.91 Å². The lowest BCUT2D eigenvalue weighted by Gasteiger charge is -2.28. The van der Waals surface area contributed by atoms with E-state index in [1.165, 1.54) is 4.90 Å². The predicted molar refractivity (Wildman–Crippen MR) is 106 cm³/mol. The fourth-order valence-corrected chi connectivity index (χ4v) is 3.08. The van der Waals surface area contributed by atoms with E-state index < -0.39 is 6.10 Å². The largest absolute Gasteiger partial charge is 0.497 e. The third-order valence-electron chi connectivity index (χ3n) is 4.65. The number of carbonyl (C=O) groups is 1. The van der Waals surface area contributed by atoms with Crippen LogP contribution in [0.1, 0.15) is 5.89 Å². The molecular formula is C21H21N3O6. The highest BCUT2D eigenvalue weighted by molar-refractivity contribution is 5.81. The molecule has 9 nitrogen and oxygen atoms in total. The summed E-state index contributed by atoms with van der Waals surface area (Å²) in [5.74, 6) is 2.78. The molecule has 1 aliphatic heterocycles. The normalized spacial score (nSPS) is 14.8. The number of ether oxygens (including phenoxy) is 4. The minimum atomic E-state index is -0.742. The molecule has 0 aliphatic carbocycles. The van der Waals surface area contributed by atoms with Crippen LogP contribution in [0.15, 0.2) is 47.0 Å². The van der Waals surface area contributed by atoms with E-state index >= 15 is 0 Å². The molecule has 0 spiro atoms. The van der Waals surface area contributed by atoms with Crippen LogP contribution in [0.3, 0.4) is 0 Å². The van der Waals surface area contributed by atoms with Gasteiger partial charge in [0.25, 0.3) is 5.91 Å². The second kappa shape index (κ2) is 8.32. The van der Waals surface area contributed by atoms with E-state index in [9.17, 15) is 4.79 Å². The van der Waals surface area contributed by atoms with Gasteiger partial charge in [0.2, 0.25) is 17.8 Å². The van der Waals surface area contributed by atoms with Gasteiger partial charge in [0.1, 0.15) is 18.1 Å². The third-order valence-corrected chi connectivity index (χ3v) is 4.65. The number of hydrogen-bond donors (Lipinski definition) is 0. The summed E-state index contributed by atoms with van der Waals surface area (Å²) in [5, 5.41) is 4.00. The van der Waals surface area contributed by atoms with Crippen molar-refractivity contribution in [3.05, 3.63) is 48.4 Å². The Bertz CT molecular complexity index is 1050. The SMILES string of the molecule is COc1ccc(-c2noc(CN(C)C(=O)[C@H]3COc4ccccc4O3)n2)c(OC)c1. The first-order valence-electron chi connectivity index (χ1n) is 9.27. The topological polar surface area (TPSA) is 96.2 Å². The average molecular weight is 411 g/mol. The number of fused-ring (bicyclic) bond motifs is 1. The quantitative estimate of drug-likeness (QED) is 0.611. The van der Waals surface area contributed by atoms with Crippen LogP contribution >= 0.6 is 0 Å². The van der Waals surface area contributed by atoms with Crippen LogP contribution in [0, 0.1) is 0 Å². The fraction of sp³-hybridized carbons (Fsp3) is 0.286. The molecule has 4 rings (SSSR count). The Morgan fingerprint density at radius 2 is 1.97 bits per heavy atom. The zero-order chi connectivity index (χ0) is 21.1. The lowest BCUT2D eigenvalue weighted by Crippen LogP contribution is -2.44. The monoisotopic (exact) mass is 411 g/mol. The maximum atomic E-state index is 12.8. The summed E-state index contributed by atoms with van der Waals surface area (Å²) in [6, 6.07) is 12.5. The maximum Gasteiger partial charge on any atom is 0.267 e. The zero-order valence-corrected chi connectivity index (χ0v) is 16.8. The van der Waals surface area contributed by atoms with Crippen molar-refractivity contribution in [1.29, 1.82) is 0 Å². The van der Waals surface area contributed by atoms with Crippen LogP contribution in [0.5, 0.6) is 23.0 Å². The molecule has 1 aliphatic rings. The summed E-state index contributed by atoms with van der Waals surface area (Å²) in [4.78, 5) is 18.6. The second-order valence-corrected chi connectivity index (χ2v) is 6.64. The Morgan fingerprint density at radius 1 is 1.17 bits per heavy atom. The van der Waals surface area contributed by atoms with Gasteiger partial charge in [-0.05, 0) is 24.3 Å². The Hall–Kier alpha value is -3.75. The van der Waals surface area contributed by atoms with Crippen molar-refractivity contribution in [2.45, 2.75) is 12.6 Å². The molecule has 0 saturated carbocycles. The molecule has 0 unspecified atom stereocenters. The Balaban J connectivity index is 1.44. The number of rotatable bonds is 6. The third kappa shape index (κ3) is 3.86. The maximum absolute atomic E-state index is 12.8. The van der Waals surface area contributed by atoms with Crippen LogP contribution in [0.4, 0.5) is 0 Å². The van der Waals surface area contributed by atoms with E-state index in [0.29, 0.717) is 34.4 Å². The van der Waals surface area contributed by atoms with Crippen molar-refractivity contribution in [3.8, 4) is 34.4 Å². The molecule has 30 heavy (non-hydrogen) atoms. The number of aromatic nitrogens is 2. The lowest BCUT2D eigenvalue weighted by atomic mass is 10.2. The summed E-state index contributed by atoms with van der Waals surface area (Å²) in [6.07, 6.45) is -0.742. The van der Waals surface area contributed by atoms with E-state index in [2.05, 4.69) is 10.1 Å². The first-order chi connectivity index (χ1) is 14.6. The highest BCUT2D eigenvalue weighted by Crippen LogP contribution is 2.32. The van der Waals surface area contributed by atoms with Gasteiger partial charge in [-0.1, -0.05) is 17.3 Å². The van der Waals surface area contributed by atoms with Crippen LogP contribution in [0.2, 0.25) is 0 Å². The molecule has 3 aromatic rings. The Kier molecular flexibility index (Phi) is 5.42. The van der Waals surface area contributed by atoms with Crippen molar-refractivity contribution in [1.82, 2.24) is 15.0 Å². The minimum Gasteiger partial charge on any atom is -0.497 e. The van der Waals surface area contributed by atoms with Gasteiger partial charge in [-0.15, -0.1) is 0 Å². The first-order valence-corrected chi connectivity index (χ1v) is 9.27. The van der Waals surface area contributed by atoms with Crippen molar-refractivity contribution < 1.29 is 28.3 Å². The van der Waals surface area contributed by atoms with Crippen molar-refractivity contribution in [2.75, 3.05) is 27.9 Å². The van der Waals surface area contributed by atoms with Crippen LogP contribution < -0.4 is 18.9 Å². The number of methoxy groups -OCH3 is 2. The molecular weight excluding hydrogens is 390 g/mol. The number of carbonyl (C=O) groups excluding carboxylic acids is 1. The van der Waals surface area contributed by atoms with E-state index in [0.717, 1.165) is 0 Å². The Morgan fingerprint density at radius 3 is 2.73 bits per heavy atom. The molecule has 0 bridgehead atoms. The van der Waals surface area contributed by atoms with E-state index in [1.807, 2.05) is 12.1 Å². The zero-order valence-electron chi connectivity index (χ0n) is 16.8. The lowest BCUT2D eigenvalue weighted by molar-refractivity contribution is -0.140. The minimum absolute atomic E-state index is 0.131. The molecule has 156 valence electrons. The number of likely N-dealkylation sites (N-methyl/N-ethyl adjacent to an activating group) is 1. The number of hydrogen-bond acceptors (Lipinski definition) is 8. The second-order valence-electron chi connectivity index (χ2n) is 6.64. The smallest absolute Gasteiger partial charge is 0.267 e. The van der Waals surface area contributed by atoms with E-state index in [-0.39, 0.29) is 24.9 Å². The molecule has 2 heterocycles. The molecule has 0 saturated heterocycles. The van der Waals surface area contributed by atoms with Crippen LogP contribution in [-0.2, 0) is 11.3 Å². The highest BCUT2D eigenvalue weighted by Gasteiger charge is 2.30. The molecule has 1 amide bonds. The summed E-state index contributed by atoms with van der Waals surface area (Å²) in [5.41, 5.74) is 0.655. The van der Waals surface area contributed by atoms with Gasteiger partial charge in [-0.3, -0.25) is 4.79 Å². The van der Waals surface area contributed by atoms with Gasteiger partial charge >= 0.3 is 0 Å². The number of nitrogens with zero attached hydrogens (tertiary/aromatic N) is 3. The predicted octanol–water partition coefficient (Wildman–Crippen LogP) is 2.55. The Labute approximate surface area is 173 Å². The summed E-state index contributed by atoms with van der Waals surface area (Å²) >= 11 is 0. The molecule has 0 fully saturated rings. The van der Waals surface area contributed by atoms with Crippen molar-refractivity contribution in [2.24, 2.45) is 0 Å².